The number of nitrogens with one attached hydrogen (secondary N) is 1. The van der Waals surface area contributed by atoms with E-state index < -0.39 is 0 Å². The van der Waals surface area contributed by atoms with Crippen LogP contribution in [0.3, 0.4) is 0 Å². The maximum Gasteiger partial charge on any atom is 0.322 e. The van der Waals surface area contributed by atoms with Gasteiger partial charge in [0, 0.05) is 26.2 Å². The van der Waals surface area contributed by atoms with E-state index in [1.54, 1.807) is 6.08 Å². The third kappa shape index (κ3) is 5.97. The first-order chi connectivity index (χ1) is 13.3. The van der Waals surface area contributed by atoms with Crippen molar-refractivity contribution in [2.75, 3.05) is 51.3 Å². The zero-order chi connectivity index (χ0) is 18.9. The lowest BCUT2D eigenvalue weighted by Gasteiger charge is -2.31. The van der Waals surface area contributed by atoms with Crippen molar-refractivity contribution in [2.24, 2.45) is 0 Å². The van der Waals surface area contributed by atoms with Crippen molar-refractivity contribution in [3.63, 3.8) is 0 Å². The average molecular weight is 373 g/mol. The molecule has 2 fully saturated rings. The monoisotopic (exact) mass is 373 g/mol. The topological polar surface area (TPSA) is 54.0 Å². The molecule has 6 heteroatoms. The van der Waals surface area contributed by atoms with E-state index in [0.717, 1.165) is 26.1 Å². The lowest BCUT2D eigenvalue weighted by molar-refractivity contribution is 0.0261. The normalized spacial score (nSPS) is 21.3. The molecule has 6 nitrogen and oxygen atoms in total. The van der Waals surface area contributed by atoms with Gasteiger partial charge in [-0.25, -0.2) is 4.79 Å². The number of nitrogens with zero attached hydrogens (tertiary/aromatic N) is 2. The van der Waals surface area contributed by atoms with Gasteiger partial charge in [0.25, 0.3) is 0 Å². The minimum atomic E-state index is -0.0983. The molecule has 148 valence electrons. The fourth-order valence-corrected chi connectivity index (χ4v) is 3.66. The van der Waals surface area contributed by atoms with Gasteiger partial charge in [0.05, 0.1) is 11.8 Å². The highest BCUT2D eigenvalue weighted by molar-refractivity contribution is 5.91. The summed E-state index contributed by atoms with van der Waals surface area (Å²) in [7, 11) is 0. The van der Waals surface area contributed by atoms with Crippen LogP contribution in [0.5, 0.6) is 5.75 Å². The van der Waals surface area contributed by atoms with Crippen LogP contribution < -0.4 is 10.1 Å². The smallest absolute Gasteiger partial charge is 0.322 e. The standard InChI is InChI=1S/C21H31N3O3/c1-2-14-27-20-10-5-4-9-19(20)22-21(25)24-13-8-15-26-18(17-24)16-23-11-6-3-7-12-23/h2,4-5,9-10,18H,1,3,6-8,11-17H2,(H,22,25)/t18-/m1/s1. The molecule has 0 aromatic heterocycles. The second-order valence-corrected chi connectivity index (χ2v) is 7.18. The number of urea groups is 1. The van der Waals surface area contributed by atoms with Gasteiger partial charge >= 0.3 is 6.03 Å². The molecular weight excluding hydrogens is 342 g/mol. The second-order valence-electron chi connectivity index (χ2n) is 7.18. The van der Waals surface area contributed by atoms with E-state index in [2.05, 4.69) is 16.8 Å². The first-order valence-corrected chi connectivity index (χ1v) is 9.99. The van der Waals surface area contributed by atoms with Crippen molar-refractivity contribution in [2.45, 2.75) is 31.8 Å². The number of benzene rings is 1. The minimum absolute atomic E-state index is 0.0728. The first kappa shape index (κ1) is 19.7. The molecule has 1 aromatic carbocycles. The molecule has 2 saturated heterocycles. The summed E-state index contributed by atoms with van der Waals surface area (Å²) < 4.78 is 11.7. The van der Waals surface area contributed by atoms with Crippen molar-refractivity contribution in [3.8, 4) is 5.75 Å². The number of carbonyl (C=O) groups excluding carboxylic acids is 1. The van der Waals surface area contributed by atoms with Crippen molar-refractivity contribution in [3.05, 3.63) is 36.9 Å². The van der Waals surface area contributed by atoms with Gasteiger partial charge in [-0.1, -0.05) is 31.2 Å². The Kier molecular flexibility index (Phi) is 7.54. The van der Waals surface area contributed by atoms with Crippen molar-refractivity contribution in [1.82, 2.24) is 9.80 Å². The maximum atomic E-state index is 12.9. The summed E-state index contributed by atoms with van der Waals surface area (Å²) in [5.74, 6) is 0.654. The van der Waals surface area contributed by atoms with E-state index in [9.17, 15) is 4.79 Å². The molecule has 0 unspecified atom stereocenters. The van der Waals surface area contributed by atoms with Crippen LogP contribution in [0.4, 0.5) is 10.5 Å². The number of amides is 2. The molecule has 0 bridgehead atoms. The first-order valence-electron chi connectivity index (χ1n) is 9.99. The molecular formula is C21H31N3O3. The second kappa shape index (κ2) is 10.3. The molecule has 2 heterocycles. The van der Waals surface area contributed by atoms with Crippen molar-refractivity contribution in [1.29, 1.82) is 0 Å². The van der Waals surface area contributed by atoms with Crippen molar-refractivity contribution < 1.29 is 14.3 Å². The molecule has 3 rings (SSSR count). The van der Waals surface area contributed by atoms with E-state index in [1.807, 2.05) is 29.2 Å². The van der Waals surface area contributed by atoms with Crippen LogP contribution in [0, 0.1) is 0 Å². The highest BCUT2D eigenvalue weighted by Crippen LogP contribution is 2.24. The van der Waals surface area contributed by atoms with Gasteiger partial charge in [-0.2, -0.15) is 0 Å². The summed E-state index contributed by atoms with van der Waals surface area (Å²) in [4.78, 5) is 17.2. The summed E-state index contributed by atoms with van der Waals surface area (Å²) >= 11 is 0. The Hall–Kier alpha value is -2.05. The van der Waals surface area contributed by atoms with Crippen LogP contribution in [0.25, 0.3) is 0 Å². The summed E-state index contributed by atoms with van der Waals surface area (Å²) in [6, 6.07) is 7.39. The van der Waals surface area contributed by atoms with Crippen LogP contribution in [-0.2, 0) is 4.74 Å². The number of anilines is 1. The summed E-state index contributed by atoms with van der Waals surface area (Å²) in [5.41, 5.74) is 0.682. The Morgan fingerprint density at radius 3 is 2.85 bits per heavy atom. The maximum absolute atomic E-state index is 12.9. The van der Waals surface area contributed by atoms with Crippen molar-refractivity contribution >= 4 is 11.7 Å². The number of piperidine rings is 1. The predicted molar refractivity (Wildman–Crippen MR) is 107 cm³/mol. The number of hydrogen-bond acceptors (Lipinski definition) is 4. The SMILES string of the molecule is C=CCOc1ccccc1NC(=O)N1CCCO[C@H](CN2CCCCC2)C1. The summed E-state index contributed by atoms with van der Waals surface area (Å²) in [5, 5.41) is 3.00. The van der Waals surface area contributed by atoms with E-state index in [-0.39, 0.29) is 12.1 Å². The fourth-order valence-electron chi connectivity index (χ4n) is 3.66. The highest BCUT2D eigenvalue weighted by atomic mass is 16.5. The molecule has 27 heavy (non-hydrogen) atoms. The minimum Gasteiger partial charge on any atom is -0.487 e. The van der Waals surface area contributed by atoms with Gasteiger partial charge in [0.2, 0.25) is 0 Å². The lowest BCUT2D eigenvalue weighted by Crippen LogP contribution is -2.45. The number of rotatable bonds is 6. The fraction of sp³-hybridized carbons (Fsp3) is 0.571. The molecule has 2 amide bonds. The van der Waals surface area contributed by atoms with E-state index in [0.29, 0.717) is 37.7 Å². The van der Waals surface area contributed by atoms with Gasteiger partial charge in [0.15, 0.2) is 0 Å². The zero-order valence-electron chi connectivity index (χ0n) is 16.1. The molecule has 2 aliphatic rings. The van der Waals surface area contributed by atoms with Crippen LogP contribution in [0.2, 0.25) is 0 Å². The largest absolute Gasteiger partial charge is 0.487 e. The third-order valence-electron chi connectivity index (χ3n) is 5.03. The number of carbonyl (C=O) groups is 1. The number of hydrogen-bond donors (Lipinski definition) is 1. The van der Waals surface area contributed by atoms with Crippen LogP contribution >= 0.6 is 0 Å². The molecule has 0 radical (unpaired) electrons. The molecule has 0 spiro atoms. The van der Waals surface area contributed by atoms with E-state index in [4.69, 9.17) is 9.47 Å². The number of ether oxygens (including phenoxy) is 2. The van der Waals surface area contributed by atoms with Crippen LogP contribution in [-0.4, -0.2) is 67.9 Å². The summed E-state index contributed by atoms with van der Waals surface area (Å²) in [6.07, 6.45) is 6.47. The summed E-state index contributed by atoms with van der Waals surface area (Å²) in [6.45, 7) is 9.30. The molecule has 0 saturated carbocycles. The van der Waals surface area contributed by atoms with Gasteiger partial charge < -0.3 is 24.6 Å². The van der Waals surface area contributed by atoms with Gasteiger partial charge in [0.1, 0.15) is 12.4 Å². The number of likely N-dealkylation sites (tertiary alicyclic amines) is 1. The Bertz CT molecular complexity index is 616. The molecule has 0 aliphatic carbocycles. The van der Waals surface area contributed by atoms with E-state index in [1.165, 1.54) is 19.3 Å². The Morgan fingerprint density at radius 2 is 2.04 bits per heavy atom. The Balaban J connectivity index is 1.58. The average Bonchev–Trinajstić information content (AvgIpc) is 2.94. The molecule has 2 aliphatic heterocycles. The Morgan fingerprint density at radius 1 is 1.22 bits per heavy atom. The highest BCUT2D eigenvalue weighted by Gasteiger charge is 2.25. The molecule has 1 N–H and O–H groups in total. The van der Waals surface area contributed by atoms with Gasteiger partial charge in [-0.3, -0.25) is 0 Å². The van der Waals surface area contributed by atoms with Gasteiger partial charge in [-0.05, 0) is 44.5 Å². The van der Waals surface area contributed by atoms with Crippen LogP contribution in [0.15, 0.2) is 36.9 Å². The zero-order valence-corrected chi connectivity index (χ0v) is 16.1. The number of para-hydroxylation sites is 2. The van der Waals surface area contributed by atoms with E-state index >= 15 is 0 Å². The third-order valence-corrected chi connectivity index (χ3v) is 5.03. The Labute approximate surface area is 162 Å². The van der Waals surface area contributed by atoms with Crippen LogP contribution in [0.1, 0.15) is 25.7 Å². The lowest BCUT2D eigenvalue weighted by atomic mass is 10.1. The van der Waals surface area contributed by atoms with Gasteiger partial charge in [-0.15, -0.1) is 0 Å². The quantitative estimate of drug-likeness (QED) is 0.777. The predicted octanol–water partition coefficient (Wildman–Crippen LogP) is 3.36. The molecule has 1 aromatic rings. The molecule has 1 atom stereocenters.